The van der Waals surface area contributed by atoms with Crippen molar-refractivity contribution in [2.75, 3.05) is 18.0 Å². The number of rotatable bonds is 4. The molecule has 1 aliphatic heterocycles. The van der Waals surface area contributed by atoms with Crippen LogP contribution >= 0.6 is 0 Å². The molecule has 0 aromatic heterocycles. The van der Waals surface area contributed by atoms with Gasteiger partial charge in [-0.1, -0.05) is 24.3 Å². The van der Waals surface area contributed by atoms with Gasteiger partial charge in [-0.2, -0.15) is 13.2 Å². The van der Waals surface area contributed by atoms with Crippen LogP contribution < -0.4 is 10.2 Å². The number of cyclic esters (lactones) is 1. The third kappa shape index (κ3) is 3.96. The van der Waals surface area contributed by atoms with Gasteiger partial charge in [0.25, 0.3) is 5.91 Å². The Kier molecular flexibility index (Phi) is 4.83. The van der Waals surface area contributed by atoms with Crippen LogP contribution in [0.4, 0.5) is 23.7 Å². The summed E-state index contributed by atoms with van der Waals surface area (Å²) >= 11 is 0. The van der Waals surface area contributed by atoms with Crippen molar-refractivity contribution in [2.45, 2.75) is 12.3 Å². The van der Waals surface area contributed by atoms with Gasteiger partial charge in [0.2, 0.25) is 0 Å². The highest BCUT2D eigenvalue weighted by Gasteiger charge is 2.35. The number of hydrogen-bond donors (Lipinski definition) is 1. The summed E-state index contributed by atoms with van der Waals surface area (Å²) in [4.78, 5) is 25.1. The summed E-state index contributed by atoms with van der Waals surface area (Å²) in [5.41, 5.74) is -0.281. The first kappa shape index (κ1) is 17.8. The number of halogens is 3. The molecule has 1 fully saturated rings. The van der Waals surface area contributed by atoms with Crippen molar-refractivity contribution in [3.8, 4) is 0 Å². The van der Waals surface area contributed by atoms with E-state index in [0.29, 0.717) is 5.56 Å². The summed E-state index contributed by atoms with van der Waals surface area (Å²) in [7, 11) is 0. The number of benzene rings is 2. The first-order valence-corrected chi connectivity index (χ1v) is 7.83. The standard InChI is InChI=1S/C18H15F3N2O3/c19-18(20,21)13-7-4-8-14(9-13)23-11-15(26-17(23)25)10-22-16(24)12-5-2-1-3-6-12/h1-9,15H,10-11H2,(H,22,24). The molecule has 0 bridgehead atoms. The molecule has 0 radical (unpaired) electrons. The van der Waals surface area contributed by atoms with Crippen molar-refractivity contribution in [2.24, 2.45) is 0 Å². The monoisotopic (exact) mass is 364 g/mol. The fourth-order valence-corrected chi connectivity index (χ4v) is 2.59. The maximum atomic E-state index is 12.8. The van der Waals surface area contributed by atoms with Crippen molar-refractivity contribution in [3.05, 3.63) is 65.7 Å². The SMILES string of the molecule is O=C(NCC1CN(c2cccc(C(F)(F)F)c2)C(=O)O1)c1ccccc1. The maximum absolute atomic E-state index is 12.8. The minimum Gasteiger partial charge on any atom is -0.442 e. The Hall–Kier alpha value is -3.03. The number of carbonyl (C=O) groups excluding carboxylic acids is 2. The second-order valence-corrected chi connectivity index (χ2v) is 5.74. The van der Waals surface area contributed by atoms with Crippen LogP contribution in [-0.4, -0.2) is 31.2 Å². The number of nitrogens with one attached hydrogen (secondary N) is 1. The Morgan fingerprint density at radius 1 is 1.15 bits per heavy atom. The Bertz CT molecular complexity index is 809. The maximum Gasteiger partial charge on any atom is 0.416 e. The second kappa shape index (κ2) is 7.07. The molecule has 0 spiro atoms. The summed E-state index contributed by atoms with van der Waals surface area (Å²) in [6.45, 7) is 0.115. The molecule has 1 aliphatic rings. The largest absolute Gasteiger partial charge is 0.442 e. The third-order valence-corrected chi connectivity index (χ3v) is 3.89. The van der Waals surface area contributed by atoms with Crippen LogP contribution in [0, 0.1) is 0 Å². The van der Waals surface area contributed by atoms with Crippen molar-refractivity contribution in [3.63, 3.8) is 0 Å². The lowest BCUT2D eigenvalue weighted by atomic mass is 10.2. The molecule has 2 amide bonds. The lowest BCUT2D eigenvalue weighted by Gasteiger charge is -2.15. The first-order valence-electron chi connectivity index (χ1n) is 7.83. The fourth-order valence-electron chi connectivity index (χ4n) is 2.59. The van der Waals surface area contributed by atoms with E-state index in [9.17, 15) is 22.8 Å². The number of ether oxygens (including phenoxy) is 1. The molecule has 136 valence electrons. The van der Waals surface area contributed by atoms with Crippen LogP contribution in [0.3, 0.4) is 0 Å². The van der Waals surface area contributed by atoms with Gasteiger partial charge < -0.3 is 10.1 Å². The van der Waals surface area contributed by atoms with E-state index in [2.05, 4.69) is 5.32 Å². The van der Waals surface area contributed by atoms with Gasteiger partial charge in [-0.15, -0.1) is 0 Å². The van der Waals surface area contributed by atoms with E-state index in [4.69, 9.17) is 4.74 Å². The second-order valence-electron chi connectivity index (χ2n) is 5.74. The highest BCUT2D eigenvalue weighted by molar-refractivity contribution is 5.94. The quantitative estimate of drug-likeness (QED) is 0.904. The lowest BCUT2D eigenvalue weighted by molar-refractivity contribution is -0.137. The molecule has 8 heteroatoms. The van der Waals surface area contributed by atoms with Crippen molar-refractivity contribution in [1.82, 2.24) is 5.32 Å². The molecule has 1 atom stereocenters. The number of hydrogen-bond acceptors (Lipinski definition) is 3. The number of carbonyl (C=O) groups is 2. The van der Waals surface area contributed by atoms with Gasteiger partial charge in [0.05, 0.1) is 18.7 Å². The van der Waals surface area contributed by atoms with E-state index in [1.54, 1.807) is 30.3 Å². The average molecular weight is 364 g/mol. The number of nitrogens with zero attached hydrogens (tertiary/aromatic N) is 1. The minimum atomic E-state index is -4.50. The van der Waals surface area contributed by atoms with Gasteiger partial charge in [0.15, 0.2) is 0 Å². The van der Waals surface area contributed by atoms with Crippen LogP contribution in [0.25, 0.3) is 0 Å². The Balaban J connectivity index is 1.63. The Morgan fingerprint density at radius 2 is 1.88 bits per heavy atom. The first-order chi connectivity index (χ1) is 12.3. The normalized spacial score (nSPS) is 17.1. The lowest BCUT2D eigenvalue weighted by Crippen LogP contribution is -2.34. The summed E-state index contributed by atoms with van der Waals surface area (Å²) in [6.07, 6.45) is -5.89. The molecule has 2 aromatic carbocycles. The minimum absolute atomic E-state index is 0.0508. The Morgan fingerprint density at radius 3 is 2.58 bits per heavy atom. The fraction of sp³-hybridized carbons (Fsp3) is 0.222. The molecule has 1 unspecified atom stereocenters. The van der Waals surface area contributed by atoms with Gasteiger partial charge in [0, 0.05) is 11.3 Å². The smallest absolute Gasteiger partial charge is 0.416 e. The molecular formula is C18H15F3N2O3. The number of alkyl halides is 3. The highest BCUT2D eigenvalue weighted by atomic mass is 19.4. The van der Waals surface area contributed by atoms with E-state index in [0.717, 1.165) is 17.0 Å². The van der Waals surface area contributed by atoms with Gasteiger partial charge in [-0.25, -0.2) is 4.79 Å². The molecular weight excluding hydrogens is 349 g/mol. The van der Waals surface area contributed by atoms with Crippen molar-refractivity contribution >= 4 is 17.7 Å². The van der Waals surface area contributed by atoms with E-state index >= 15 is 0 Å². The zero-order chi connectivity index (χ0) is 18.7. The molecule has 0 saturated carbocycles. The highest BCUT2D eigenvalue weighted by Crippen LogP contribution is 2.32. The van der Waals surface area contributed by atoms with E-state index < -0.39 is 23.9 Å². The molecule has 0 aliphatic carbocycles. The predicted octanol–water partition coefficient (Wildman–Crippen LogP) is 3.46. The summed E-state index contributed by atoms with van der Waals surface area (Å²) in [5.74, 6) is -0.320. The zero-order valence-corrected chi connectivity index (χ0v) is 13.5. The molecule has 1 saturated heterocycles. The molecule has 1 N–H and O–H groups in total. The predicted molar refractivity (Wildman–Crippen MR) is 87.8 cm³/mol. The molecule has 1 heterocycles. The topological polar surface area (TPSA) is 58.6 Å². The molecule has 2 aromatic rings. The number of amides is 2. The summed E-state index contributed by atoms with van der Waals surface area (Å²) in [5, 5.41) is 2.65. The third-order valence-electron chi connectivity index (χ3n) is 3.89. The van der Waals surface area contributed by atoms with Crippen LogP contribution in [0.5, 0.6) is 0 Å². The number of anilines is 1. The molecule has 3 rings (SSSR count). The molecule has 5 nitrogen and oxygen atoms in total. The van der Waals surface area contributed by atoms with Crippen molar-refractivity contribution < 1.29 is 27.5 Å². The van der Waals surface area contributed by atoms with Gasteiger partial charge >= 0.3 is 12.3 Å². The van der Waals surface area contributed by atoms with Crippen LogP contribution in [0.1, 0.15) is 15.9 Å². The van der Waals surface area contributed by atoms with Gasteiger partial charge in [-0.3, -0.25) is 9.69 Å². The van der Waals surface area contributed by atoms with Crippen molar-refractivity contribution in [1.29, 1.82) is 0 Å². The van der Waals surface area contributed by atoms with E-state index in [1.165, 1.54) is 12.1 Å². The van der Waals surface area contributed by atoms with E-state index in [1.807, 2.05) is 0 Å². The summed E-state index contributed by atoms with van der Waals surface area (Å²) in [6, 6.07) is 13.0. The van der Waals surface area contributed by atoms with Gasteiger partial charge in [-0.05, 0) is 30.3 Å². The molecule has 26 heavy (non-hydrogen) atoms. The average Bonchev–Trinajstić information content (AvgIpc) is 3.00. The van der Waals surface area contributed by atoms with Crippen LogP contribution in [0.15, 0.2) is 54.6 Å². The van der Waals surface area contributed by atoms with Gasteiger partial charge in [0.1, 0.15) is 6.10 Å². The Labute approximate surface area is 147 Å². The van der Waals surface area contributed by atoms with Crippen LogP contribution in [-0.2, 0) is 10.9 Å². The summed E-state index contributed by atoms with van der Waals surface area (Å²) < 4.78 is 43.6. The van der Waals surface area contributed by atoms with Crippen LogP contribution in [0.2, 0.25) is 0 Å². The van der Waals surface area contributed by atoms with E-state index in [-0.39, 0.29) is 24.7 Å². The zero-order valence-electron chi connectivity index (χ0n) is 13.5.